The van der Waals surface area contributed by atoms with Crippen LogP contribution in [0.3, 0.4) is 0 Å². The van der Waals surface area contributed by atoms with Crippen LogP contribution in [0.4, 0.5) is 0 Å². The maximum Gasteiger partial charge on any atom is 0.154 e. The number of phenolic OH excluding ortho intramolecular Hbond substituents is 1. The van der Waals surface area contributed by atoms with Gasteiger partial charge < -0.3 is 9.84 Å². The monoisotopic (exact) mass is 428 g/mol. The molecule has 0 aromatic heterocycles. The van der Waals surface area contributed by atoms with Gasteiger partial charge >= 0.3 is 0 Å². The highest BCUT2D eigenvalue weighted by Gasteiger charge is 2.02. The first-order chi connectivity index (χ1) is 15.2. The molecule has 0 fully saturated rings. The second-order valence-corrected chi connectivity index (χ2v) is 7.59. The van der Waals surface area contributed by atoms with Crippen LogP contribution in [0.25, 0.3) is 6.08 Å². The molecule has 0 aliphatic heterocycles. The lowest BCUT2D eigenvalue weighted by atomic mass is 10.1. The predicted octanol–water partition coefficient (Wildman–Crippen LogP) is 8.29. The zero-order chi connectivity index (χ0) is 23.0. The van der Waals surface area contributed by atoms with Crippen LogP contribution >= 0.6 is 0 Å². The summed E-state index contributed by atoms with van der Waals surface area (Å²) in [5.74, 6) is 0.0192. The van der Waals surface area contributed by atoms with E-state index in [2.05, 4.69) is 32.9 Å². The lowest BCUT2D eigenvalue weighted by molar-refractivity contribution is 0.112. The number of aldehydes is 1. The molecule has 0 heterocycles. The predicted molar refractivity (Wildman–Crippen MR) is 135 cm³/mol. The van der Waals surface area contributed by atoms with Gasteiger partial charge in [-0.25, -0.2) is 0 Å². The van der Waals surface area contributed by atoms with Crippen LogP contribution in [-0.4, -0.2) is 24.6 Å². The molecule has 0 saturated carbocycles. The van der Waals surface area contributed by atoms with Crippen LogP contribution in [0.1, 0.15) is 101 Å². The summed E-state index contributed by atoms with van der Waals surface area (Å²) < 4.78 is 5.13. The molecular weight excluding hydrogens is 384 g/mol. The molecule has 0 aliphatic carbocycles. The summed E-state index contributed by atoms with van der Waals surface area (Å²) in [4.78, 5) is 11.0. The van der Waals surface area contributed by atoms with E-state index < -0.39 is 0 Å². The fourth-order valence-electron chi connectivity index (χ4n) is 2.92. The third-order valence-corrected chi connectivity index (χ3v) is 4.65. The number of rotatable bonds is 16. The van der Waals surface area contributed by atoms with Gasteiger partial charge in [0.25, 0.3) is 0 Å². The average Bonchev–Trinajstić information content (AvgIpc) is 2.78. The molecule has 3 heteroatoms. The topological polar surface area (TPSA) is 46.5 Å². The number of hydrogen-bond acceptors (Lipinski definition) is 3. The Labute approximate surface area is 190 Å². The fraction of sp³-hybridized carbons (Fsp3) is 0.536. The van der Waals surface area contributed by atoms with Gasteiger partial charge in [0, 0.05) is 13.2 Å². The molecule has 1 N–H and O–H groups in total. The van der Waals surface area contributed by atoms with Crippen LogP contribution in [-0.2, 0) is 4.74 Å². The molecule has 174 valence electrons. The highest BCUT2D eigenvalue weighted by molar-refractivity contribution is 5.85. The Balaban J connectivity index is 0.00000110. The minimum absolute atomic E-state index is 0.0192. The third-order valence-electron chi connectivity index (χ3n) is 4.65. The van der Waals surface area contributed by atoms with Crippen molar-refractivity contribution in [3.8, 4) is 5.75 Å². The van der Waals surface area contributed by atoms with Crippen LogP contribution in [0.2, 0.25) is 0 Å². The summed E-state index contributed by atoms with van der Waals surface area (Å²) in [6.07, 6.45) is 25.3. The van der Waals surface area contributed by atoms with Gasteiger partial charge in [0.15, 0.2) is 6.29 Å². The molecule has 1 aromatic rings. The van der Waals surface area contributed by atoms with Crippen molar-refractivity contribution in [3.05, 3.63) is 59.7 Å². The Morgan fingerprint density at radius 3 is 2.10 bits per heavy atom. The van der Waals surface area contributed by atoms with Gasteiger partial charge in [-0.2, -0.15) is 0 Å². The quantitative estimate of drug-likeness (QED) is 0.164. The second-order valence-electron chi connectivity index (χ2n) is 7.59. The summed E-state index contributed by atoms with van der Waals surface area (Å²) in [6.45, 7) is 8.34. The Hall–Kier alpha value is -2.13. The van der Waals surface area contributed by atoms with E-state index in [1.165, 1.54) is 51.0 Å². The summed E-state index contributed by atoms with van der Waals surface area (Å²) in [5, 5.41) is 9.60. The number of hydrogen-bond donors (Lipinski definition) is 1. The lowest BCUT2D eigenvalue weighted by Gasteiger charge is -2.00. The Morgan fingerprint density at radius 2 is 1.45 bits per heavy atom. The first kappa shape index (κ1) is 28.9. The Kier molecular flexibility index (Phi) is 21.0. The normalized spacial score (nSPS) is 11.3. The van der Waals surface area contributed by atoms with E-state index in [1.54, 1.807) is 6.07 Å². The van der Waals surface area contributed by atoms with Gasteiger partial charge in [-0.3, -0.25) is 4.79 Å². The van der Waals surface area contributed by atoms with Crippen molar-refractivity contribution >= 4 is 12.4 Å². The van der Waals surface area contributed by atoms with E-state index >= 15 is 0 Å². The van der Waals surface area contributed by atoms with Crippen molar-refractivity contribution in [1.29, 1.82) is 0 Å². The molecule has 31 heavy (non-hydrogen) atoms. The maximum atomic E-state index is 11.0. The van der Waals surface area contributed by atoms with Crippen molar-refractivity contribution in [2.45, 2.75) is 85.0 Å². The van der Waals surface area contributed by atoms with Crippen molar-refractivity contribution in [1.82, 2.24) is 0 Å². The van der Waals surface area contributed by atoms with Gasteiger partial charge in [0.2, 0.25) is 0 Å². The fourth-order valence-corrected chi connectivity index (χ4v) is 2.92. The molecule has 0 aliphatic rings. The Bertz CT molecular complexity index is 625. The molecule has 1 rings (SSSR count). The standard InChI is InChI=1S/C22H30O2.C6H14O/c1-2-3-4-5-6-7-8-9-10-11-12-13-14-16-20-17-15-18-22(24)21(20)19-23;1-3-5-7-6-4-2/h10-19,24H,2-9H2,1H3;3-6H2,1-2H3. The van der Waals surface area contributed by atoms with Gasteiger partial charge in [0.05, 0.1) is 5.56 Å². The average molecular weight is 429 g/mol. The summed E-state index contributed by atoms with van der Waals surface area (Å²) >= 11 is 0. The first-order valence-electron chi connectivity index (χ1n) is 12.1. The maximum absolute atomic E-state index is 11.0. The number of carbonyl (C=O) groups excluding carboxylic acids is 1. The van der Waals surface area contributed by atoms with Gasteiger partial charge in [-0.1, -0.05) is 108 Å². The summed E-state index contributed by atoms with van der Waals surface area (Å²) in [7, 11) is 0. The molecule has 0 radical (unpaired) electrons. The number of aromatic hydroxyl groups is 1. The van der Waals surface area contributed by atoms with Crippen molar-refractivity contribution in [3.63, 3.8) is 0 Å². The minimum atomic E-state index is 0.0192. The highest BCUT2D eigenvalue weighted by Crippen LogP contribution is 2.19. The van der Waals surface area contributed by atoms with Gasteiger partial charge in [0.1, 0.15) is 5.75 Å². The van der Waals surface area contributed by atoms with Gasteiger partial charge in [-0.15, -0.1) is 0 Å². The second kappa shape index (κ2) is 22.6. The van der Waals surface area contributed by atoms with E-state index in [9.17, 15) is 9.90 Å². The number of phenols is 1. The summed E-state index contributed by atoms with van der Waals surface area (Å²) in [5.41, 5.74) is 1.05. The molecular formula is C28H44O3. The molecule has 0 spiro atoms. The number of unbranched alkanes of at least 4 members (excludes halogenated alkanes) is 7. The molecule has 0 saturated heterocycles. The zero-order valence-corrected chi connectivity index (χ0v) is 20.0. The minimum Gasteiger partial charge on any atom is -0.507 e. The highest BCUT2D eigenvalue weighted by atomic mass is 16.5. The number of carbonyl (C=O) groups is 1. The third kappa shape index (κ3) is 17.3. The van der Waals surface area contributed by atoms with Crippen LogP contribution in [0.5, 0.6) is 5.75 Å². The SMILES string of the molecule is CCCCCCCCCC=CC=CC=Cc1cccc(O)c1C=O.CCCOCCC. The largest absolute Gasteiger partial charge is 0.507 e. The number of allylic oxidation sites excluding steroid dienone is 5. The molecule has 0 unspecified atom stereocenters. The van der Waals surface area contributed by atoms with E-state index in [0.717, 1.165) is 38.0 Å². The van der Waals surface area contributed by atoms with E-state index in [1.807, 2.05) is 30.4 Å². The van der Waals surface area contributed by atoms with E-state index in [4.69, 9.17) is 4.74 Å². The van der Waals surface area contributed by atoms with E-state index in [0.29, 0.717) is 11.8 Å². The van der Waals surface area contributed by atoms with Crippen molar-refractivity contribution in [2.24, 2.45) is 0 Å². The van der Waals surface area contributed by atoms with Crippen molar-refractivity contribution < 1.29 is 14.6 Å². The van der Waals surface area contributed by atoms with Crippen LogP contribution < -0.4 is 0 Å². The number of ether oxygens (including phenoxy) is 1. The molecule has 1 aromatic carbocycles. The van der Waals surface area contributed by atoms with Gasteiger partial charge in [-0.05, 0) is 37.3 Å². The van der Waals surface area contributed by atoms with Crippen LogP contribution in [0.15, 0.2) is 48.6 Å². The van der Waals surface area contributed by atoms with E-state index in [-0.39, 0.29) is 5.75 Å². The van der Waals surface area contributed by atoms with Crippen molar-refractivity contribution in [2.75, 3.05) is 13.2 Å². The first-order valence-corrected chi connectivity index (χ1v) is 12.1. The number of benzene rings is 1. The molecule has 0 bridgehead atoms. The summed E-state index contributed by atoms with van der Waals surface area (Å²) in [6, 6.07) is 5.06. The molecule has 3 nitrogen and oxygen atoms in total. The lowest BCUT2D eigenvalue weighted by Crippen LogP contribution is -1.92. The zero-order valence-electron chi connectivity index (χ0n) is 20.0. The smallest absolute Gasteiger partial charge is 0.154 e. The Morgan fingerprint density at radius 1 is 0.806 bits per heavy atom. The molecule has 0 amide bonds. The molecule has 0 atom stereocenters. The van der Waals surface area contributed by atoms with Crippen LogP contribution in [0, 0.1) is 0 Å².